The molecule has 2 heteroatoms. The Morgan fingerprint density at radius 2 is 1.75 bits per heavy atom. The highest BCUT2D eigenvalue weighted by molar-refractivity contribution is 5.55. The number of nitrogens with one attached hydrogen (secondary N) is 1. The normalized spacial score (nSPS) is 28.1. The Hall–Kier alpha value is -1.80. The van der Waals surface area contributed by atoms with Crippen LogP contribution in [-0.4, -0.2) is 13.2 Å². The summed E-state index contributed by atoms with van der Waals surface area (Å²) in [6, 6.07) is 19.4. The van der Waals surface area contributed by atoms with Gasteiger partial charge in [0.05, 0.1) is 6.10 Å². The number of anilines is 1. The molecule has 0 amide bonds. The highest BCUT2D eigenvalue weighted by Crippen LogP contribution is 2.46. The van der Waals surface area contributed by atoms with Crippen molar-refractivity contribution >= 4 is 5.69 Å². The van der Waals surface area contributed by atoms with Gasteiger partial charge in [-0.05, 0) is 24.0 Å². The summed E-state index contributed by atoms with van der Waals surface area (Å²) in [5, 5.41) is 3.58. The summed E-state index contributed by atoms with van der Waals surface area (Å²) in [4.78, 5) is 0. The van der Waals surface area contributed by atoms with Crippen molar-refractivity contribution in [3.05, 3.63) is 65.7 Å². The minimum atomic E-state index is 0.242. The molecule has 102 valence electrons. The monoisotopic (exact) mass is 265 g/mol. The SMILES string of the molecule is c1ccc([C@@H]2CCOC3c4ccccc4NCC32)cc1. The number of benzene rings is 2. The predicted octanol–water partition coefficient (Wildman–Crippen LogP) is 3.97. The van der Waals surface area contributed by atoms with Gasteiger partial charge in [-0.2, -0.15) is 0 Å². The smallest absolute Gasteiger partial charge is 0.0895 e. The number of hydrogen-bond acceptors (Lipinski definition) is 2. The van der Waals surface area contributed by atoms with Crippen LogP contribution in [0.3, 0.4) is 0 Å². The third-order valence-corrected chi connectivity index (χ3v) is 4.66. The lowest BCUT2D eigenvalue weighted by atomic mass is 9.75. The van der Waals surface area contributed by atoms with Gasteiger partial charge >= 0.3 is 0 Å². The fourth-order valence-electron chi connectivity index (χ4n) is 3.69. The zero-order valence-corrected chi connectivity index (χ0v) is 11.5. The third-order valence-electron chi connectivity index (χ3n) is 4.66. The van der Waals surface area contributed by atoms with Gasteiger partial charge in [0.2, 0.25) is 0 Å². The molecule has 2 heterocycles. The molecular weight excluding hydrogens is 246 g/mol. The van der Waals surface area contributed by atoms with E-state index in [0.717, 1.165) is 19.6 Å². The van der Waals surface area contributed by atoms with Crippen LogP contribution in [-0.2, 0) is 4.74 Å². The summed E-state index contributed by atoms with van der Waals surface area (Å²) < 4.78 is 6.12. The largest absolute Gasteiger partial charge is 0.384 e. The van der Waals surface area contributed by atoms with E-state index in [9.17, 15) is 0 Å². The van der Waals surface area contributed by atoms with Crippen LogP contribution in [0.25, 0.3) is 0 Å². The molecule has 0 aromatic heterocycles. The Morgan fingerprint density at radius 3 is 2.65 bits per heavy atom. The quantitative estimate of drug-likeness (QED) is 0.842. The molecule has 1 fully saturated rings. The Bertz CT molecular complexity index is 595. The zero-order chi connectivity index (χ0) is 13.4. The Morgan fingerprint density at radius 1 is 0.950 bits per heavy atom. The van der Waals surface area contributed by atoms with E-state index in [0.29, 0.717) is 11.8 Å². The van der Waals surface area contributed by atoms with Crippen LogP contribution >= 0.6 is 0 Å². The Kier molecular flexibility index (Phi) is 2.96. The second kappa shape index (κ2) is 4.95. The molecule has 2 unspecified atom stereocenters. The number of hydrogen-bond donors (Lipinski definition) is 1. The van der Waals surface area contributed by atoms with E-state index < -0.39 is 0 Å². The molecule has 20 heavy (non-hydrogen) atoms. The van der Waals surface area contributed by atoms with Crippen LogP contribution in [0.2, 0.25) is 0 Å². The van der Waals surface area contributed by atoms with Crippen molar-refractivity contribution in [1.82, 2.24) is 0 Å². The highest BCUT2D eigenvalue weighted by Gasteiger charge is 2.39. The maximum Gasteiger partial charge on any atom is 0.0895 e. The number of para-hydroxylation sites is 1. The molecular formula is C18H19NO. The fraction of sp³-hybridized carbons (Fsp3) is 0.333. The molecule has 2 aliphatic heterocycles. The molecule has 0 spiro atoms. The van der Waals surface area contributed by atoms with Crippen LogP contribution < -0.4 is 5.32 Å². The topological polar surface area (TPSA) is 21.3 Å². The molecule has 0 radical (unpaired) electrons. The highest BCUT2D eigenvalue weighted by atomic mass is 16.5. The molecule has 1 saturated heterocycles. The van der Waals surface area contributed by atoms with E-state index in [1.165, 1.54) is 16.8 Å². The Balaban J connectivity index is 1.70. The summed E-state index contributed by atoms with van der Waals surface area (Å²) in [5.74, 6) is 1.12. The summed E-state index contributed by atoms with van der Waals surface area (Å²) >= 11 is 0. The summed E-state index contributed by atoms with van der Waals surface area (Å²) in [6.45, 7) is 1.86. The second-order valence-corrected chi connectivity index (χ2v) is 5.73. The molecule has 0 saturated carbocycles. The zero-order valence-electron chi connectivity index (χ0n) is 11.5. The lowest BCUT2D eigenvalue weighted by Crippen LogP contribution is -2.37. The first-order valence-corrected chi connectivity index (χ1v) is 7.43. The molecule has 0 aliphatic carbocycles. The predicted molar refractivity (Wildman–Crippen MR) is 80.9 cm³/mol. The van der Waals surface area contributed by atoms with Crippen LogP contribution in [0.15, 0.2) is 54.6 Å². The minimum absolute atomic E-state index is 0.242. The van der Waals surface area contributed by atoms with Crippen molar-refractivity contribution in [2.24, 2.45) is 5.92 Å². The van der Waals surface area contributed by atoms with Crippen molar-refractivity contribution < 1.29 is 4.74 Å². The van der Waals surface area contributed by atoms with E-state index in [1.54, 1.807) is 0 Å². The maximum atomic E-state index is 6.12. The van der Waals surface area contributed by atoms with Crippen molar-refractivity contribution in [2.75, 3.05) is 18.5 Å². The van der Waals surface area contributed by atoms with Gasteiger partial charge in [-0.1, -0.05) is 48.5 Å². The van der Waals surface area contributed by atoms with Crippen molar-refractivity contribution in [3.63, 3.8) is 0 Å². The number of ether oxygens (including phenoxy) is 1. The molecule has 2 aliphatic rings. The molecule has 3 atom stereocenters. The molecule has 2 nitrogen and oxygen atoms in total. The summed E-state index contributed by atoms with van der Waals surface area (Å²) in [6.07, 6.45) is 1.36. The molecule has 2 aromatic carbocycles. The van der Waals surface area contributed by atoms with Gasteiger partial charge in [0.1, 0.15) is 0 Å². The van der Waals surface area contributed by atoms with Gasteiger partial charge in [-0.25, -0.2) is 0 Å². The van der Waals surface area contributed by atoms with E-state index in [1.807, 2.05) is 0 Å². The van der Waals surface area contributed by atoms with Gasteiger partial charge in [-0.3, -0.25) is 0 Å². The van der Waals surface area contributed by atoms with Crippen molar-refractivity contribution in [2.45, 2.75) is 18.4 Å². The first kappa shape index (κ1) is 12.0. The van der Waals surface area contributed by atoms with Gasteiger partial charge in [0, 0.05) is 30.3 Å². The van der Waals surface area contributed by atoms with Gasteiger partial charge in [0.25, 0.3) is 0 Å². The first-order valence-electron chi connectivity index (χ1n) is 7.43. The van der Waals surface area contributed by atoms with E-state index in [-0.39, 0.29) is 6.10 Å². The average molecular weight is 265 g/mol. The van der Waals surface area contributed by atoms with Crippen molar-refractivity contribution in [3.8, 4) is 0 Å². The van der Waals surface area contributed by atoms with E-state index >= 15 is 0 Å². The van der Waals surface area contributed by atoms with E-state index in [4.69, 9.17) is 4.74 Å². The van der Waals surface area contributed by atoms with Crippen LogP contribution in [0.5, 0.6) is 0 Å². The average Bonchev–Trinajstić information content (AvgIpc) is 2.55. The second-order valence-electron chi connectivity index (χ2n) is 5.73. The summed E-state index contributed by atoms with van der Waals surface area (Å²) in [7, 11) is 0. The van der Waals surface area contributed by atoms with Gasteiger partial charge in [0.15, 0.2) is 0 Å². The van der Waals surface area contributed by atoms with Gasteiger partial charge < -0.3 is 10.1 Å². The lowest BCUT2D eigenvalue weighted by Gasteiger charge is -2.42. The van der Waals surface area contributed by atoms with E-state index in [2.05, 4.69) is 59.9 Å². The number of rotatable bonds is 1. The molecule has 4 rings (SSSR count). The van der Waals surface area contributed by atoms with Crippen molar-refractivity contribution in [1.29, 1.82) is 0 Å². The number of fused-ring (bicyclic) bond motifs is 3. The molecule has 2 aromatic rings. The van der Waals surface area contributed by atoms with Gasteiger partial charge in [-0.15, -0.1) is 0 Å². The van der Waals surface area contributed by atoms with Crippen LogP contribution in [0, 0.1) is 5.92 Å². The van der Waals surface area contributed by atoms with Crippen LogP contribution in [0.4, 0.5) is 5.69 Å². The maximum absolute atomic E-state index is 6.12. The lowest BCUT2D eigenvalue weighted by molar-refractivity contribution is -0.0381. The molecule has 0 bridgehead atoms. The van der Waals surface area contributed by atoms with Crippen LogP contribution in [0.1, 0.15) is 29.6 Å². The summed E-state index contributed by atoms with van der Waals surface area (Å²) in [5.41, 5.74) is 4.01. The molecule has 1 N–H and O–H groups in total. The fourth-order valence-corrected chi connectivity index (χ4v) is 3.69. The first-order chi connectivity index (χ1) is 9.93. The Labute approximate surface area is 119 Å². The minimum Gasteiger partial charge on any atom is -0.384 e. The third kappa shape index (κ3) is 1.92. The standard InChI is InChI=1S/C18H19NO/c1-2-6-13(7-3-1)14-10-11-20-18-15-8-4-5-9-17(15)19-12-16(14)18/h1-9,14,16,18-19H,10-12H2/t14-,16?,18?/m0/s1.